The summed E-state index contributed by atoms with van der Waals surface area (Å²) < 4.78 is 0. The number of aryl methyl sites for hydroxylation is 17. The smallest absolute Gasteiger partial charge is 0.160 e. The molecular formula is C144H223NO3. The highest BCUT2D eigenvalue weighted by Gasteiger charge is 2.12. The molecule has 0 aliphatic rings. The van der Waals surface area contributed by atoms with Gasteiger partial charge in [-0.25, -0.2) is 0 Å². The van der Waals surface area contributed by atoms with Crippen LogP contribution in [0.3, 0.4) is 0 Å². The molecule has 0 amide bonds. The summed E-state index contributed by atoms with van der Waals surface area (Å²) in [5.74, 6) is 10.8. The van der Waals surface area contributed by atoms with Gasteiger partial charge >= 0.3 is 0 Å². The molecule has 0 aliphatic carbocycles. The number of aliphatic hydroxyl groups excluding tert-OH is 2. The molecule has 4 heteroatoms. The van der Waals surface area contributed by atoms with Crippen LogP contribution in [0.2, 0.25) is 0 Å². The lowest BCUT2D eigenvalue weighted by atomic mass is 9.96. The number of carbonyl (C=O) groups is 1. The largest absolute Gasteiger partial charge is 0.392 e. The van der Waals surface area contributed by atoms with E-state index in [1.165, 1.54) is 156 Å². The van der Waals surface area contributed by atoms with E-state index in [2.05, 4.69) is 552 Å². The molecule has 0 aliphatic heterocycles. The van der Waals surface area contributed by atoms with Gasteiger partial charge < -0.3 is 10.2 Å². The molecule has 0 atom stereocenters. The summed E-state index contributed by atoms with van der Waals surface area (Å²) in [6, 6.07) is 79.5. The summed E-state index contributed by atoms with van der Waals surface area (Å²) >= 11 is 0. The molecular weight excluding hydrogens is 1790 g/mol. The Morgan fingerprint density at radius 3 is 0.689 bits per heavy atom. The van der Waals surface area contributed by atoms with Crippen molar-refractivity contribution in [2.75, 3.05) is 0 Å². The van der Waals surface area contributed by atoms with E-state index < -0.39 is 0 Å². The average molecular weight is 2020 g/mol. The zero-order valence-corrected chi connectivity index (χ0v) is 105. The number of benzene rings is 11. The van der Waals surface area contributed by atoms with Gasteiger partial charge in [0, 0.05) is 18.0 Å². The minimum absolute atomic E-state index is 0.139. The van der Waals surface area contributed by atoms with Crippen LogP contribution in [0.15, 0.2) is 237 Å². The Labute approximate surface area is 916 Å². The van der Waals surface area contributed by atoms with E-state index in [1.807, 2.05) is 56.6 Å². The number of ketones is 1. The lowest BCUT2D eigenvalue weighted by Gasteiger charge is -2.09. The molecule has 0 spiro atoms. The van der Waals surface area contributed by atoms with E-state index >= 15 is 0 Å². The van der Waals surface area contributed by atoms with Gasteiger partial charge in [-0.05, 0) is 371 Å². The molecule has 0 radical (unpaired) electrons. The molecule has 1 aromatic heterocycles. The Hall–Kier alpha value is -9.84. The van der Waals surface area contributed by atoms with Gasteiger partial charge in [0.15, 0.2) is 5.78 Å². The standard InChI is InChI=1S/C12H16O.C11H16O.6C11H16.C10H14O.2C10H14.C9H13N.4C4H10/c1-8(2)11-6-5-9(3)12(7-11)10(4)13;1-8(2)10-5-4-9(3)11(6-10)7-12;4*1-8(2)11-6-5-9(3)7-10(11)4;2*1-8(2)11-7-9(3)5-6-10(11)4;1-8(2)10-5-3-4-9(6-10)7-11;2*1-8(2)10-7-5-4-6-9(10)3;1-7(2)9-6-10-5-4-8(9)3;4*1-4(2)3/h5-8H,1-4H3;4-6,8,12H,7H2,1-3H3;6*5-8H,1-4H3;3-6,8,11H,7H2,1-2H3;2*4-8H,1-3H3;4-7H,1-3H3;4*4H,1-3H3. The van der Waals surface area contributed by atoms with Crippen molar-refractivity contribution in [1.82, 2.24) is 4.98 Å². The lowest BCUT2D eigenvalue weighted by Crippen LogP contribution is -1.98. The molecule has 0 bridgehead atoms. The number of aromatic nitrogens is 1. The number of Topliss-reactive ketones (excluding diaryl/α,β-unsaturated/α-hetero) is 1. The normalized spacial score (nSPS) is 10.4. The highest BCUT2D eigenvalue weighted by atomic mass is 16.3. The maximum Gasteiger partial charge on any atom is 0.160 e. The number of carbonyl (C=O) groups excluding carboxylic acids is 1. The highest BCUT2D eigenvalue weighted by Crippen LogP contribution is 2.29. The van der Waals surface area contributed by atoms with Crippen LogP contribution in [0.4, 0.5) is 0 Å². The third kappa shape index (κ3) is 66.7. The zero-order valence-electron chi connectivity index (χ0n) is 105. The quantitative estimate of drug-likeness (QED) is 0.100. The number of rotatable bonds is 15. The van der Waals surface area contributed by atoms with E-state index in [0.29, 0.717) is 71.0 Å². The molecule has 0 fully saturated rings. The maximum atomic E-state index is 11.2. The van der Waals surface area contributed by atoms with Gasteiger partial charge in [0.1, 0.15) is 0 Å². The van der Waals surface area contributed by atoms with Crippen molar-refractivity contribution in [3.05, 3.63) is 415 Å². The Balaban J connectivity index is -0.000000754. The summed E-state index contributed by atoms with van der Waals surface area (Å²) in [7, 11) is 0. The van der Waals surface area contributed by atoms with Gasteiger partial charge in [-0.1, -0.05) is 495 Å². The van der Waals surface area contributed by atoms with E-state index in [4.69, 9.17) is 10.2 Å². The Morgan fingerprint density at radius 1 is 0.209 bits per heavy atom. The molecule has 822 valence electrons. The average Bonchev–Trinajstić information content (AvgIpc) is 0.843. The van der Waals surface area contributed by atoms with Gasteiger partial charge in [0.05, 0.1) is 13.2 Å². The first-order valence-electron chi connectivity index (χ1n) is 56.1. The number of pyridine rings is 1. The second-order valence-electron chi connectivity index (χ2n) is 47.3. The Bertz CT molecular complexity index is 5090. The van der Waals surface area contributed by atoms with Crippen LogP contribution in [0.1, 0.15) is 510 Å². The Kier molecular flexibility index (Phi) is 77.3. The minimum Gasteiger partial charge on any atom is -0.392 e. The zero-order chi connectivity index (χ0) is 115. The molecule has 0 saturated carbocycles. The van der Waals surface area contributed by atoms with Gasteiger partial charge in [0.2, 0.25) is 0 Å². The topological polar surface area (TPSA) is 70.4 Å². The third-order valence-corrected chi connectivity index (χ3v) is 23.9. The fourth-order valence-electron chi connectivity index (χ4n) is 15.9. The molecule has 0 unspecified atom stereocenters. The third-order valence-electron chi connectivity index (χ3n) is 23.9. The van der Waals surface area contributed by atoms with Crippen LogP contribution in [0.25, 0.3) is 0 Å². The fraction of sp³-hybridized carbons (Fsp3) is 0.500. The summed E-state index contributed by atoms with van der Waals surface area (Å²) in [4.78, 5) is 15.3. The van der Waals surface area contributed by atoms with Gasteiger partial charge in [-0.3, -0.25) is 9.78 Å². The maximum absolute atomic E-state index is 11.2. The minimum atomic E-state index is 0.139. The van der Waals surface area contributed by atoms with Crippen LogP contribution in [0.5, 0.6) is 0 Å². The number of nitrogens with zero attached hydrogens (tertiary/aromatic N) is 1. The van der Waals surface area contributed by atoms with Gasteiger partial charge in [-0.2, -0.15) is 0 Å². The molecule has 12 rings (SSSR count). The van der Waals surface area contributed by atoms with Crippen molar-refractivity contribution >= 4 is 5.78 Å². The SMILES string of the molecule is CC(=O)c1cc(C(C)C)ccc1C.CC(C)C.CC(C)C.CC(C)C.CC(C)C.CC(C)c1cccc(CO)c1.Cc1ccc(C(C)C)c(C)c1.Cc1ccc(C(C)C)c(C)c1.Cc1ccc(C(C)C)c(C)c1.Cc1ccc(C(C)C)c(C)c1.Cc1ccc(C(C)C)cc1CO.Cc1ccc(C)c(C(C)C)c1.Cc1ccc(C)c(C(C)C)c1.Cc1ccccc1C(C)C.Cc1ccccc1C(C)C.Cc1ccncc1C(C)C. The van der Waals surface area contributed by atoms with E-state index in [9.17, 15) is 4.79 Å². The van der Waals surface area contributed by atoms with Crippen molar-refractivity contribution < 1.29 is 15.0 Å². The first-order chi connectivity index (χ1) is 68.6. The molecule has 2 N–H and O–H groups in total. The number of hydrogen-bond donors (Lipinski definition) is 2. The number of hydrogen-bond acceptors (Lipinski definition) is 4. The van der Waals surface area contributed by atoms with Crippen molar-refractivity contribution in [2.24, 2.45) is 23.7 Å². The van der Waals surface area contributed by atoms with Crippen molar-refractivity contribution in [3.8, 4) is 0 Å². The molecule has 11 aromatic carbocycles. The molecule has 1 heterocycles. The summed E-state index contributed by atoms with van der Waals surface area (Å²) in [6.45, 7) is 117. The first-order valence-corrected chi connectivity index (χ1v) is 56.1. The second-order valence-corrected chi connectivity index (χ2v) is 47.3. The van der Waals surface area contributed by atoms with Gasteiger partial charge in [0.25, 0.3) is 0 Å². The van der Waals surface area contributed by atoms with Crippen LogP contribution >= 0.6 is 0 Å². The van der Waals surface area contributed by atoms with Crippen molar-refractivity contribution in [3.63, 3.8) is 0 Å². The van der Waals surface area contributed by atoms with E-state index in [1.54, 1.807) is 6.92 Å². The highest BCUT2D eigenvalue weighted by molar-refractivity contribution is 5.95. The van der Waals surface area contributed by atoms with Crippen molar-refractivity contribution in [2.45, 2.75) is 458 Å². The predicted octanol–water partition coefficient (Wildman–Crippen LogP) is 44.2. The first kappa shape index (κ1) is 144. The number of aliphatic hydroxyl groups is 2. The summed E-state index contributed by atoms with van der Waals surface area (Å²) in [6.07, 6.45) is 3.78. The summed E-state index contributed by atoms with van der Waals surface area (Å²) in [5.41, 5.74) is 42.8. The fourth-order valence-corrected chi connectivity index (χ4v) is 15.9. The molecule has 12 aromatic rings. The molecule has 148 heavy (non-hydrogen) atoms. The van der Waals surface area contributed by atoms with Crippen LogP contribution in [-0.2, 0) is 13.2 Å². The molecule has 0 saturated heterocycles. The molecule has 4 nitrogen and oxygen atoms in total. The van der Waals surface area contributed by atoms with Gasteiger partial charge in [-0.15, -0.1) is 0 Å². The predicted molar refractivity (Wildman–Crippen MR) is 669 cm³/mol. The van der Waals surface area contributed by atoms with Crippen LogP contribution in [-0.4, -0.2) is 21.0 Å². The van der Waals surface area contributed by atoms with Crippen LogP contribution in [0, 0.1) is 141 Å². The Morgan fingerprint density at radius 2 is 0.453 bits per heavy atom. The van der Waals surface area contributed by atoms with E-state index in [0.717, 1.165) is 45.9 Å². The monoisotopic (exact) mass is 2010 g/mol. The lowest BCUT2D eigenvalue weighted by molar-refractivity contribution is 0.101. The van der Waals surface area contributed by atoms with E-state index in [-0.39, 0.29) is 19.0 Å². The summed E-state index contributed by atoms with van der Waals surface area (Å²) in [5, 5.41) is 17.9. The second kappa shape index (κ2) is 79.2. The van der Waals surface area contributed by atoms with Crippen molar-refractivity contribution in [1.29, 1.82) is 0 Å². The van der Waals surface area contributed by atoms with Crippen LogP contribution < -0.4 is 0 Å².